The number of nitrogens with one attached hydrogen (secondary N) is 1. The number of anilines is 1. The first-order valence-corrected chi connectivity index (χ1v) is 3.66. The van der Waals surface area contributed by atoms with Crippen LogP contribution in [0, 0.1) is 6.92 Å². The zero-order valence-electron chi connectivity index (χ0n) is 5.38. The van der Waals surface area contributed by atoms with Crippen molar-refractivity contribution in [2.45, 2.75) is 6.92 Å². The molecule has 5 heteroatoms. The molecule has 0 aliphatic rings. The van der Waals surface area contributed by atoms with Gasteiger partial charge in [0.2, 0.25) is 0 Å². The molecule has 52 valence electrons. The third-order valence-electron chi connectivity index (χ3n) is 1.30. The van der Waals surface area contributed by atoms with Crippen molar-refractivity contribution in [2.75, 3.05) is 5.73 Å². The number of thiazole rings is 1. The van der Waals surface area contributed by atoms with E-state index >= 15 is 0 Å². The zero-order valence-corrected chi connectivity index (χ0v) is 6.20. The van der Waals surface area contributed by atoms with Crippen molar-refractivity contribution in [3.8, 4) is 0 Å². The monoisotopic (exact) mass is 154 g/mol. The normalized spacial score (nSPS) is 10.9. The van der Waals surface area contributed by atoms with E-state index in [1.807, 2.05) is 6.92 Å². The summed E-state index contributed by atoms with van der Waals surface area (Å²) in [6, 6.07) is 0. The van der Waals surface area contributed by atoms with E-state index in [1.54, 1.807) is 0 Å². The third-order valence-corrected chi connectivity index (χ3v) is 2.29. The lowest BCUT2D eigenvalue weighted by molar-refractivity contribution is 1.06. The quantitative estimate of drug-likeness (QED) is 0.592. The molecule has 0 radical (unpaired) electrons. The van der Waals surface area contributed by atoms with Crippen LogP contribution in [0.1, 0.15) is 5.69 Å². The molecule has 0 atom stereocenters. The molecule has 2 heterocycles. The highest BCUT2D eigenvalue weighted by Gasteiger charge is 2.05. The molecule has 10 heavy (non-hydrogen) atoms. The van der Waals surface area contributed by atoms with Crippen LogP contribution < -0.4 is 5.73 Å². The van der Waals surface area contributed by atoms with Crippen LogP contribution in [0.5, 0.6) is 0 Å². The fourth-order valence-corrected chi connectivity index (χ4v) is 1.56. The first-order valence-electron chi connectivity index (χ1n) is 2.84. The summed E-state index contributed by atoms with van der Waals surface area (Å²) < 4.78 is 1.05. The van der Waals surface area contributed by atoms with Crippen molar-refractivity contribution < 1.29 is 0 Å². The number of fused-ring (bicyclic) bond motifs is 1. The standard InChI is InChI=1S/C5H6N4S/c1-2-3-4(9-8-2)7-5(6)10-3/h1H3,(H3,6,7,8,9). The molecule has 0 aromatic carbocycles. The lowest BCUT2D eigenvalue weighted by Crippen LogP contribution is -1.80. The Morgan fingerprint density at radius 2 is 2.40 bits per heavy atom. The maximum absolute atomic E-state index is 5.46. The molecule has 4 nitrogen and oxygen atoms in total. The second-order valence-electron chi connectivity index (χ2n) is 2.05. The summed E-state index contributed by atoms with van der Waals surface area (Å²) in [6.45, 7) is 1.95. The van der Waals surface area contributed by atoms with Crippen molar-refractivity contribution in [3.05, 3.63) is 5.69 Å². The number of hydrogen-bond donors (Lipinski definition) is 2. The SMILES string of the molecule is Cc1[nH]nc2nc(N)sc12. The van der Waals surface area contributed by atoms with Gasteiger partial charge in [0, 0.05) is 0 Å². The maximum Gasteiger partial charge on any atom is 0.194 e. The summed E-state index contributed by atoms with van der Waals surface area (Å²) in [4.78, 5) is 3.99. The van der Waals surface area contributed by atoms with Crippen molar-refractivity contribution in [3.63, 3.8) is 0 Å². The molecule has 2 aromatic heterocycles. The molecule has 0 aliphatic heterocycles. The van der Waals surface area contributed by atoms with Crippen LogP contribution in [0.4, 0.5) is 5.13 Å². The number of rotatable bonds is 0. The van der Waals surface area contributed by atoms with Crippen molar-refractivity contribution in [1.82, 2.24) is 15.2 Å². The molecule has 0 amide bonds. The lowest BCUT2D eigenvalue weighted by atomic mass is 10.5. The summed E-state index contributed by atoms with van der Waals surface area (Å²) in [5.74, 6) is 0. The smallest absolute Gasteiger partial charge is 0.194 e. The average Bonchev–Trinajstić information content (AvgIpc) is 2.35. The molecule has 0 saturated heterocycles. The number of hydrogen-bond acceptors (Lipinski definition) is 4. The number of H-pyrrole nitrogens is 1. The molecule has 0 bridgehead atoms. The number of nitrogens with zero attached hydrogens (tertiary/aromatic N) is 2. The number of aryl methyl sites for hydroxylation is 1. The average molecular weight is 154 g/mol. The highest BCUT2D eigenvalue weighted by atomic mass is 32.1. The first kappa shape index (κ1) is 5.67. The Labute approximate surface area is 61.1 Å². The molecular weight excluding hydrogens is 148 g/mol. The lowest BCUT2D eigenvalue weighted by Gasteiger charge is -1.76. The van der Waals surface area contributed by atoms with E-state index in [1.165, 1.54) is 11.3 Å². The predicted octanol–water partition coefficient (Wildman–Crippen LogP) is 0.910. The van der Waals surface area contributed by atoms with Crippen LogP contribution in [0.2, 0.25) is 0 Å². The van der Waals surface area contributed by atoms with Gasteiger partial charge in [0.15, 0.2) is 10.8 Å². The van der Waals surface area contributed by atoms with Gasteiger partial charge in [-0.3, -0.25) is 5.10 Å². The number of aromatic amines is 1. The fourth-order valence-electron chi connectivity index (χ4n) is 0.836. The van der Waals surface area contributed by atoms with Crippen LogP contribution >= 0.6 is 11.3 Å². The van der Waals surface area contributed by atoms with E-state index in [0.29, 0.717) is 5.13 Å². The summed E-state index contributed by atoms with van der Waals surface area (Å²) in [5, 5.41) is 7.34. The van der Waals surface area contributed by atoms with Gasteiger partial charge in [0.1, 0.15) is 0 Å². The molecule has 0 saturated carbocycles. The van der Waals surface area contributed by atoms with Gasteiger partial charge < -0.3 is 5.73 Å². The molecule has 3 N–H and O–H groups in total. The predicted molar refractivity (Wildman–Crippen MR) is 40.9 cm³/mol. The van der Waals surface area contributed by atoms with E-state index in [9.17, 15) is 0 Å². The Morgan fingerprint density at radius 3 is 3.10 bits per heavy atom. The van der Waals surface area contributed by atoms with Crippen LogP contribution in [0.3, 0.4) is 0 Å². The molecule has 2 rings (SSSR count). The Hall–Kier alpha value is -1.10. The van der Waals surface area contributed by atoms with E-state index in [2.05, 4.69) is 15.2 Å². The number of aromatic nitrogens is 3. The summed E-state index contributed by atoms with van der Waals surface area (Å²) in [7, 11) is 0. The van der Waals surface area contributed by atoms with Gasteiger partial charge in [-0.05, 0) is 6.92 Å². The van der Waals surface area contributed by atoms with Crippen LogP contribution in [0.15, 0.2) is 0 Å². The largest absolute Gasteiger partial charge is 0.375 e. The number of nitrogen functional groups attached to an aromatic ring is 1. The Balaban J connectivity index is 2.90. The maximum atomic E-state index is 5.46. The molecule has 0 fully saturated rings. The third kappa shape index (κ3) is 0.607. The minimum absolute atomic E-state index is 0.578. The minimum atomic E-state index is 0.578. The van der Waals surface area contributed by atoms with Crippen molar-refractivity contribution in [2.24, 2.45) is 0 Å². The van der Waals surface area contributed by atoms with Gasteiger partial charge in [-0.2, -0.15) is 10.1 Å². The van der Waals surface area contributed by atoms with Gasteiger partial charge in [-0.25, -0.2) is 0 Å². The van der Waals surface area contributed by atoms with Crippen molar-refractivity contribution >= 4 is 26.8 Å². The van der Waals surface area contributed by atoms with Gasteiger partial charge in [0.05, 0.1) is 10.4 Å². The highest BCUT2D eigenvalue weighted by Crippen LogP contribution is 2.23. The highest BCUT2D eigenvalue weighted by molar-refractivity contribution is 7.22. The van der Waals surface area contributed by atoms with Crippen LogP contribution in [0.25, 0.3) is 10.3 Å². The molecule has 0 spiro atoms. The molecule has 2 aromatic rings. The zero-order chi connectivity index (χ0) is 7.14. The Kier molecular flexibility index (Phi) is 0.960. The summed E-state index contributed by atoms with van der Waals surface area (Å²) >= 11 is 1.46. The second kappa shape index (κ2) is 1.69. The topological polar surface area (TPSA) is 67.6 Å². The van der Waals surface area contributed by atoms with E-state index in [0.717, 1.165) is 16.0 Å². The Morgan fingerprint density at radius 1 is 1.60 bits per heavy atom. The molecule has 0 aliphatic carbocycles. The van der Waals surface area contributed by atoms with E-state index < -0.39 is 0 Å². The molecular formula is C5H6N4S. The van der Waals surface area contributed by atoms with Crippen LogP contribution in [-0.2, 0) is 0 Å². The fraction of sp³-hybridized carbons (Fsp3) is 0.200. The molecule has 0 unspecified atom stereocenters. The Bertz CT molecular complexity index is 360. The summed E-state index contributed by atoms with van der Waals surface area (Å²) in [6.07, 6.45) is 0. The van der Waals surface area contributed by atoms with Gasteiger partial charge >= 0.3 is 0 Å². The van der Waals surface area contributed by atoms with Crippen LogP contribution in [-0.4, -0.2) is 15.2 Å². The first-order chi connectivity index (χ1) is 4.77. The van der Waals surface area contributed by atoms with Gasteiger partial charge in [0.25, 0.3) is 0 Å². The minimum Gasteiger partial charge on any atom is -0.375 e. The van der Waals surface area contributed by atoms with Crippen molar-refractivity contribution in [1.29, 1.82) is 0 Å². The summed E-state index contributed by atoms with van der Waals surface area (Å²) in [5.41, 5.74) is 7.21. The van der Waals surface area contributed by atoms with Gasteiger partial charge in [-0.1, -0.05) is 11.3 Å². The van der Waals surface area contributed by atoms with E-state index in [4.69, 9.17) is 5.73 Å². The van der Waals surface area contributed by atoms with Gasteiger partial charge in [-0.15, -0.1) is 0 Å². The van der Waals surface area contributed by atoms with E-state index in [-0.39, 0.29) is 0 Å². The second-order valence-corrected chi connectivity index (χ2v) is 3.08. The number of nitrogens with two attached hydrogens (primary N) is 1.